The number of hydrogen-bond acceptors (Lipinski definition) is 4. The van der Waals surface area contributed by atoms with E-state index in [2.05, 4.69) is 36.1 Å². The maximum atomic E-state index is 4.70. The fraction of sp³-hybridized carbons (Fsp3) is 0.529. The number of nitrogens with zero attached hydrogens (tertiary/aromatic N) is 4. The van der Waals surface area contributed by atoms with E-state index in [1.54, 1.807) is 0 Å². The third kappa shape index (κ3) is 3.91. The minimum absolute atomic E-state index is 0. The van der Waals surface area contributed by atoms with E-state index < -0.39 is 0 Å². The van der Waals surface area contributed by atoms with Gasteiger partial charge in [-0.25, -0.2) is 9.67 Å². The number of piperidine rings is 1. The summed E-state index contributed by atoms with van der Waals surface area (Å²) in [5.41, 5.74) is 3.64. The van der Waals surface area contributed by atoms with Crippen LogP contribution >= 0.6 is 12.4 Å². The van der Waals surface area contributed by atoms with E-state index in [4.69, 9.17) is 5.10 Å². The van der Waals surface area contributed by atoms with Crippen LogP contribution in [0.2, 0.25) is 0 Å². The van der Waals surface area contributed by atoms with Crippen molar-refractivity contribution in [3.8, 4) is 5.82 Å². The average molecular weight is 336 g/mol. The van der Waals surface area contributed by atoms with Crippen molar-refractivity contribution in [2.24, 2.45) is 0 Å². The quantitative estimate of drug-likeness (QED) is 0.932. The first-order chi connectivity index (χ1) is 10.7. The number of likely N-dealkylation sites (tertiary alicyclic amines) is 1. The van der Waals surface area contributed by atoms with Crippen molar-refractivity contribution in [1.29, 1.82) is 0 Å². The van der Waals surface area contributed by atoms with E-state index in [-0.39, 0.29) is 12.4 Å². The number of rotatable bonds is 4. The molecule has 0 saturated carbocycles. The van der Waals surface area contributed by atoms with Gasteiger partial charge in [-0.15, -0.1) is 12.4 Å². The normalized spacial score (nSPS) is 18.7. The predicted octanol–water partition coefficient (Wildman–Crippen LogP) is 2.49. The van der Waals surface area contributed by atoms with Gasteiger partial charge in [0.25, 0.3) is 0 Å². The summed E-state index contributed by atoms with van der Waals surface area (Å²) in [5.74, 6) is 0.890. The molecule has 1 unspecified atom stereocenters. The van der Waals surface area contributed by atoms with Gasteiger partial charge in [-0.1, -0.05) is 6.07 Å². The van der Waals surface area contributed by atoms with Crippen molar-refractivity contribution in [3.63, 3.8) is 0 Å². The van der Waals surface area contributed by atoms with Gasteiger partial charge in [0.15, 0.2) is 5.82 Å². The van der Waals surface area contributed by atoms with Gasteiger partial charge in [-0.2, -0.15) is 5.10 Å². The Morgan fingerprint density at radius 2 is 2.13 bits per heavy atom. The smallest absolute Gasteiger partial charge is 0.153 e. The van der Waals surface area contributed by atoms with Crippen LogP contribution < -0.4 is 5.32 Å². The van der Waals surface area contributed by atoms with Gasteiger partial charge in [-0.3, -0.25) is 4.90 Å². The van der Waals surface area contributed by atoms with Gasteiger partial charge in [0.1, 0.15) is 0 Å². The molecule has 126 valence electrons. The van der Waals surface area contributed by atoms with Crippen LogP contribution in [0.3, 0.4) is 0 Å². The van der Waals surface area contributed by atoms with Gasteiger partial charge in [0.2, 0.25) is 0 Å². The van der Waals surface area contributed by atoms with E-state index >= 15 is 0 Å². The third-order valence-corrected chi connectivity index (χ3v) is 4.60. The van der Waals surface area contributed by atoms with E-state index in [0.29, 0.717) is 6.04 Å². The first kappa shape index (κ1) is 17.9. The Morgan fingerprint density at radius 3 is 2.83 bits per heavy atom. The molecule has 0 amide bonds. The van der Waals surface area contributed by atoms with Crippen molar-refractivity contribution < 1.29 is 0 Å². The van der Waals surface area contributed by atoms with Crippen molar-refractivity contribution in [3.05, 3.63) is 41.3 Å². The van der Waals surface area contributed by atoms with Gasteiger partial charge in [-0.05, 0) is 52.4 Å². The number of likely N-dealkylation sites (N-methyl/N-ethyl adjacent to an activating group) is 1. The molecule has 2 aromatic heterocycles. The highest BCUT2D eigenvalue weighted by Crippen LogP contribution is 2.20. The summed E-state index contributed by atoms with van der Waals surface area (Å²) in [7, 11) is 2.06. The molecule has 0 spiro atoms. The van der Waals surface area contributed by atoms with Gasteiger partial charge in [0, 0.05) is 36.6 Å². The van der Waals surface area contributed by atoms with Crippen molar-refractivity contribution in [2.75, 3.05) is 20.1 Å². The van der Waals surface area contributed by atoms with Crippen LogP contribution in [0.5, 0.6) is 0 Å². The Morgan fingerprint density at radius 1 is 1.30 bits per heavy atom. The van der Waals surface area contributed by atoms with Gasteiger partial charge >= 0.3 is 0 Å². The number of nitrogens with one attached hydrogen (secondary N) is 1. The Balaban J connectivity index is 0.00000192. The topological polar surface area (TPSA) is 46.0 Å². The molecule has 6 heteroatoms. The molecule has 1 aliphatic heterocycles. The zero-order valence-corrected chi connectivity index (χ0v) is 14.9. The van der Waals surface area contributed by atoms with Crippen LogP contribution in [0.15, 0.2) is 24.4 Å². The van der Waals surface area contributed by atoms with E-state index in [1.165, 1.54) is 30.6 Å². The summed E-state index contributed by atoms with van der Waals surface area (Å²) >= 11 is 0. The van der Waals surface area contributed by atoms with Crippen molar-refractivity contribution >= 4 is 12.4 Å². The molecule has 1 N–H and O–H groups in total. The van der Waals surface area contributed by atoms with Crippen molar-refractivity contribution in [2.45, 2.75) is 39.3 Å². The Kier molecular flexibility index (Phi) is 6.16. The van der Waals surface area contributed by atoms with Gasteiger partial charge in [0.05, 0.1) is 5.69 Å². The average Bonchev–Trinajstić information content (AvgIpc) is 2.84. The molecule has 2 aromatic rings. The standard InChI is InChI=1S/C17H25N5.ClH/c1-13-16(12-21-10-6-7-15(11-21)18-3)14(2)22(20-13)17-8-4-5-9-19-17;/h4-5,8-9,15,18H,6-7,10-12H2,1-3H3;1H. The lowest BCUT2D eigenvalue weighted by Gasteiger charge is -2.32. The van der Waals surface area contributed by atoms with Crippen LogP contribution in [0.25, 0.3) is 5.82 Å². The molecule has 1 fully saturated rings. The summed E-state index contributed by atoms with van der Waals surface area (Å²) in [6.45, 7) is 7.50. The fourth-order valence-corrected chi connectivity index (χ4v) is 3.26. The zero-order valence-electron chi connectivity index (χ0n) is 14.1. The molecule has 3 rings (SSSR count). The Bertz CT molecular complexity index is 625. The van der Waals surface area contributed by atoms with Crippen LogP contribution in [-0.4, -0.2) is 45.8 Å². The summed E-state index contributed by atoms with van der Waals surface area (Å²) in [6.07, 6.45) is 4.35. The monoisotopic (exact) mass is 335 g/mol. The largest absolute Gasteiger partial charge is 0.316 e. The number of aromatic nitrogens is 3. The second-order valence-corrected chi connectivity index (χ2v) is 6.11. The molecule has 0 bridgehead atoms. The number of hydrogen-bond donors (Lipinski definition) is 1. The Hall–Kier alpha value is -1.43. The molecule has 0 aliphatic carbocycles. The highest BCUT2D eigenvalue weighted by molar-refractivity contribution is 5.85. The fourth-order valence-electron chi connectivity index (χ4n) is 3.26. The highest BCUT2D eigenvalue weighted by Gasteiger charge is 2.21. The number of aryl methyl sites for hydroxylation is 1. The third-order valence-electron chi connectivity index (χ3n) is 4.60. The van der Waals surface area contributed by atoms with Crippen LogP contribution in [0.4, 0.5) is 0 Å². The highest BCUT2D eigenvalue weighted by atomic mass is 35.5. The molecular formula is C17H26ClN5. The summed E-state index contributed by atoms with van der Waals surface area (Å²) < 4.78 is 1.96. The van der Waals surface area contributed by atoms with Gasteiger partial charge < -0.3 is 5.32 Å². The maximum Gasteiger partial charge on any atom is 0.153 e. The van der Waals surface area contributed by atoms with Crippen LogP contribution in [0, 0.1) is 13.8 Å². The summed E-state index contributed by atoms with van der Waals surface area (Å²) in [4.78, 5) is 6.95. The molecular weight excluding hydrogens is 310 g/mol. The lowest BCUT2D eigenvalue weighted by molar-refractivity contribution is 0.187. The molecule has 3 heterocycles. The first-order valence-corrected chi connectivity index (χ1v) is 8.05. The molecule has 0 aromatic carbocycles. The second-order valence-electron chi connectivity index (χ2n) is 6.11. The molecule has 1 saturated heterocycles. The minimum Gasteiger partial charge on any atom is -0.316 e. The van der Waals surface area contributed by atoms with E-state index in [0.717, 1.165) is 24.6 Å². The Labute approximate surface area is 144 Å². The van der Waals surface area contributed by atoms with E-state index in [9.17, 15) is 0 Å². The van der Waals surface area contributed by atoms with Crippen LogP contribution in [0.1, 0.15) is 29.8 Å². The van der Waals surface area contributed by atoms with Crippen molar-refractivity contribution in [1.82, 2.24) is 25.0 Å². The second kappa shape index (κ2) is 7.90. The number of pyridine rings is 1. The zero-order chi connectivity index (χ0) is 15.5. The molecule has 1 aliphatic rings. The van der Waals surface area contributed by atoms with E-state index in [1.807, 2.05) is 29.1 Å². The molecule has 1 atom stereocenters. The summed E-state index contributed by atoms with van der Waals surface area (Å²) in [6, 6.07) is 6.55. The molecule has 0 radical (unpaired) electrons. The van der Waals surface area contributed by atoms with Crippen LogP contribution in [-0.2, 0) is 6.54 Å². The summed E-state index contributed by atoms with van der Waals surface area (Å²) in [5, 5.41) is 8.10. The lowest BCUT2D eigenvalue weighted by atomic mass is 10.0. The lowest BCUT2D eigenvalue weighted by Crippen LogP contribution is -2.44. The first-order valence-electron chi connectivity index (χ1n) is 8.05. The minimum atomic E-state index is 0. The SMILES string of the molecule is CNC1CCCN(Cc2c(C)nn(-c3ccccn3)c2C)C1.Cl. The number of halogens is 1. The predicted molar refractivity (Wildman–Crippen MR) is 95.4 cm³/mol. The maximum absolute atomic E-state index is 4.70. The molecule has 23 heavy (non-hydrogen) atoms. The molecule has 5 nitrogen and oxygen atoms in total.